The Morgan fingerprint density at radius 2 is 1.93 bits per heavy atom. The Labute approximate surface area is 166 Å². The van der Waals surface area contributed by atoms with Crippen molar-refractivity contribution < 1.29 is 9.59 Å². The van der Waals surface area contributed by atoms with Crippen molar-refractivity contribution in [2.24, 2.45) is 5.41 Å². The van der Waals surface area contributed by atoms with Crippen LogP contribution in [0.4, 0.5) is 0 Å². The molecule has 3 aromatic rings. The van der Waals surface area contributed by atoms with Gasteiger partial charge in [0.15, 0.2) is 5.01 Å². The standard InChI is InChI=1S/C21H20N4O2S/c26-19(18-23-16-6-1-2-7-17(16)28-18)25-12-9-21(14-25)8-11-24(20(21)27)13-15-5-3-4-10-22-15/h1-7,10H,8-9,11-14H2. The minimum Gasteiger partial charge on any atom is -0.336 e. The molecule has 0 aliphatic carbocycles. The van der Waals surface area contributed by atoms with Gasteiger partial charge in [0.05, 0.1) is 27.9 Å². The maximum atomic E-state index is 13.1. The highest BCUT2D eigenvalue weighted by atomic mass is 32.1. The molecule has 1 aromatic carbocycles. The zero-order valence-corrected chi connectivity index (χ0v) is 16.2. The van der Waals surface area contributed by atoms with Gasteiger partial charge in [-0.25, -0.2) is 4.98 Å². The number of amides is 2. The monoisotopic (exact) mass is 392 g/mol. The minimum absolute atomic E-state index is 0.0611. The molecular formula is C21H20N4O2S. The van der Waals surface area contributed by atoms with E-state index in [-0.39, 0.29) is 11.8 Å². The van der Waals surface area contributed by atoms with E-state index in [4.69, 9.17) is 0 Å². The molecule has 0 N–H and O–H groups in total. The second-order valence-corrected chi connectivity index (χ2v) is 8.57. The van der Waals surface area contributed by atoms with Gasteiger partial charge in [-0.3, -0.25) is 14.6 Å². The van der Waals surface area contributed by atoms with Gasteiger partial charge in [0.1, 0.15) is 0 Å². The summed E-state index contributed by atoms with van der Waals surface area (Å²) in [5.41, 5.74) is 1.30. The third kappa shape index (κ3) is 2.86. The lowest BCUT2D eigenvalue weighted by Gasteiger charge is -2.23. The van der Waals surface area contributed by atoms with Gasteiger partial charge in [-0.15, -0.1) is 11.3 Å². The van der Waals surface area contributed by atoms with Crippen molar-refractivity contribution >= 4 is 33.4 Å². The van der Waals surface area contributed by atoms with Gasteiger partial charge in [-0.05, 0) is 37.1 Å². The molecule has 6 nitrogen and oxygen atoms in total. The predicted octanol–water partition coefficient (Wildman–Crippen LogP) is 2.96. The summed E-state index contributed by atoms with van der Waals surface area (Å²) in [5.74, 6) is 0.0896. The van der Waals surface area contributed by atoms with Crippen LogP contribution >= 0.6 is 11.3 Å². The third-order valence-corrected chi connectivity index (χ3v) is 6.82. The van der Waals surface area contributed by atoms with Gasteiger partial charge in [0, 0.05) is 25.8 Å². The summed E-state index contributed by atoms with van der Waals surface area (Å²) in [4.78, 5) is 38.6. The van der Waals surface area contributed by atoms with Gasteiger partial charge in [0.25, 0.3) is 5.91 Å². The number of carbonyl (C=O) groups is 2. The topological polar surface area (TPSA) is 66.4 Å². The number of rotatable bonds is 3. The fourth-order valence-corrected chi connectivity index (χ4v) is 5.19. The van der Waals surface area contributed by atoms with Crippen LogP contribution in [0.25, 0.3) is 10.2 Å². The Hall–Kier alpha value is -2.80. The number of nitrogens with zero attached hydrogens (tertiary/aromatic N) is 4. The maximum Gasteiger partial charge on any atom is 0.282 e. The first-order chi connectivity index (χ1) is 13.6. The van der Waals surface area contributed by atoms with Crippen molar-refractivity contribution in [3.05, 3.63) is 59.4 Å². The largest absolute Gasteiger partial charge is 0.336 e. The van der Waals surface area contributed by atoms with Crippen molar-refractivity contribution in [1.82, 2.24) is 19.8 Å². The Balaban J connectivity index is 1.31. The first-order valence-corrected chi connectivity index (χ1v) is 10.3. The van der Waals surface area contributed by atoms with Gasteiger partial charge in [-0.2, -0.15) is 0 Å². The maximum absolute atomic E-state index is 13.1. The first-order valence-electron chi connectivity index (χ1n) is 9.49. The fourth-order valence-electron chi connectivity index (χ4n) is 4.25. The molecular weight excluding hydrogens is 372 g/mol. The molecule has 2 saturated heterocycles. The zero-order valence-electron chi connectivity index (χ0n) is 15.4. The van der Waals surface area contributed by atoms with Crippen LogP contribution in [0, 0.1) is 5.41 Å². The third-order valence-electron chi connectivity index (χ3n) is 5.80. The highest BCUT2D eigenvalue weighted by Crippen LogP contribution is 2.41. The van der Waals surface area contributed by atoms with Crippen LogP contribution in [0.15, 0.2) is 48.7 Å². The fraction of sp³-hybridized carbons (Fsp3) is 0.333. The zero-order chi connectivity index (χ0) is 19.1. The van der Waals surface area contributed by atoms with Crippen molar-refractivity contribution in [2.75, 3.05) is 19.6 Å². The Morgan fingerprint density at radius 1 is 1.11 bits per heavy atom. The van der Waals surface area contributed by atoms with E-state index in [2.05, 4.69) is 9.97 Å². The summed E-state index contributed by atoms with van der Waals surface area (Å²) < 4.78 is 1.01. The second-order valence-electron chi connectivity index (χ2n) is 7.54. The molecule has 0 saturated carbocycles. The van der Waals surface area contributed by atoms with E-state index in [9.17, 15) is 9.59 Å². The van der Waals surface area contributed by atoms with E-state index >= 15 is 0 Å². The minimum atomic E-state index is -0.443. The number of pyridine rings is 1. The summed E-state index contributed by atoms with van der Waals surface area (Å²) in [5, 5.41) is 0.508. The number of aromatic nitrogens is 2. The number of benzene rings is 1. The van der Waals surface area contributed by atoms with Gasteiger partial charge in [-0.1, -0.05) is 18.2 Å². The first kappa shape index (κ1) is 17.3. The number of hydrogen-bond donors (Lipinski definition) is 0. The van der Waals surface area contributed by atoms with Crippen LogP contribution < -0.4 is 0 Å². The molecule has 2 aromatic heterocycles. The molecule has 2 amide bonds. The molecule has 1 spiro atoms. The summed E-state index contributed by atoms with van der Waals surface area (Å²) in [7, 11) is 0. The lowest BCUT2D eigenvalue weighted by atomic mass is 9.85. The molecule has 2 fully saturated rings. The lowest BCUT2D eigenvalue weighted by Crippen LogP contribution is -2.38. The molecule has 0 bridgehead atoms. The molecule has 2 aliphatic rings. The normalized spacial score (nSPS) is 21.9. The second kappa shape index (κ2) is 6.67. The predicted molar refractivity (Wildman–Crippen MR) is 107 cm³/mol. The molecule has 28 heavy (non-hydrogen) atoms. The van der Waals surface area contributed by atoms with E-state index in [1.165, 1.54) is 11.3 Å². The summed E-state index contributed by atoms with van der Waals surface area (Å²) in [6, 6.07) is 13.5. The molecule has 5 rings (SSSR count). The van der Waals surface area contributed by atoms with E-state index < -0.39 is 5.41 Å². The van der Waals surface area contributed by atoms with Crippen LogP contribution in [-0.4, -0.2) is 51.2 Å². The van der Waals surface area contributed by atoms with Gasteiger partial charge in [0.2, 0.25) is 5.91 Å². The van der Waals surface area contributed by atoms with E-state index in [1.54, 1.807) is 11.1 Å². The SMILES string of the molecule is O=C(c1nc2ccccc2s1)N1CCC2(CCN(Cc3ccccn3)C2=O)C1. The number of thiazole rings is 1. The highest BCUT2D eigenvalue weighted by Gasteiger charge is 2.51. The smallest absolute Gasteiger partial charge is 0.282 e. The Bertz CT molecular complexity index is 1020. The van der Waals surface area contributed by atoms with Crippen LogP contribution in [0.5, 0.6) is 0 Å². The number of carbonyl (C=O) groups excluding carboxylic acids is 2. The number of para-hydroxylation sites is 1. The van der Waals surface area contributed by atoms with Crippen LogP contribution in [0.3, 0.4) is 0 Å². The quantitative estimate of drug-likeness (QED) is 0.687. The highest BCUT2D eigenvalue weighted by molar-refractivity contribution is 7.20. The lowest BCUT2D eigenvalue weighted by molar-refractivity contribution is -0.135. The van der Waals surface area contributed by atoms with Crippen LogP contribution in [-0.2, 0) is 11.3 Å². The molecule has 0 radical (unpaired) electrons. The average molecular weight is 392 g/mol. The molecule has 1 unspecified atom stereocenters. The molecule has 4 heterocycles. The van der Waals surface area contributed by atoms with Crippen LogP contribution in [0.1, 0.15) is 28.3 Å². The number of likely N-dealkylation sites (tertiary alicyclic amines) is 2. The van der Waals surface area contributed by atoms with Crippen molar-refractivity contribution in [3.63, 3.8) is 0 Å². The summed E-state index contributed by atoms with van der Waals surface area (Å²) >= 11 is 1.42. The molecule has 7 heteroatoms. The van der Waals surface area contributed by atoms with E-state index in [0.29, 0.717) is 24.6 Å². The van der Waals surface area contributed by atoms with Gasteiger partial charge >= 0.3 is 0 Å². The molecule has 2 aliphatic heterocycles. The van der Waals surface area contributed by atoms with Crippen molar-refractivity contribution in [1.29, 1.82) is 0 Å². The molecule has 1 atom stereocenters. The number of hydrogen-bond acceptors (Lipinski definition) is 5. The van der Waals surface area contributed by atoms with Crippen LogP contribution in [0.2, 0.25) is 0 Å². The summed E-state index contributed by atoms with van der Waals surface area (Å²) in [6.07, 6.45) is 3.27. The summed E-state index contributed by atoms with van der Waals surface area (Å²) in [6.45, 7) is 2.35. The van der Waals surface area contributed by atoms with E-state index in [0.717, 1.165) is 35.3 Å². The number of fused-ring (bicyclic) bond motifs is 1. The van der Waals surface area contributed by atoms with Gasteiger partial charge < -0.3 is 9.80 Å². The Kier molecular flexibility index (Phi) is 4.12. The Morgan fingerprint density at radius 3 is 2.75 bits per heavy atom. The average Bonchev–Trinajstić information content (AvgIpc) is 3.42. The molecule has 142 valence electrons. The van der Waals surface area contributed by atoms with E-state index in [1.807, 2.05) is 47.4 Å². The van der Waals surface area contributed by atoms with Crippen molar-refractivity contribution in [3.8, 4) is 0 Å². The van der Waals surface area contributed by atoms with Crippen molar-refractivity contribution in [2.45, 2.75) is 19.4 Å².